The first-order valence-corrected chi connectivity index (χ1v) is 6.44. The number of aryl methyl sites for hydroxylation is 1. The zero-order chi connectivity index (χ0) is 10.7. The maximum atomic E-state index is 4.38. The average Bonchev–Trinajstić information content (AvgIpc) is 2.26. The Morgan fingerprint density at radius 3 is 2.80 bits per heavy atom. The van der Waals surface area contributed by atoms with Crippen molar-refractivity contribution in [3.8, 4) is 0 Å². The Kier molecular flexibility index (Phi) is 3.62. The van der Waals surface area contributed by atoms with Crippen LogP contribution in [-0.2, 0) is 0 Å². The van der Waals surface area contributed by atoms with E-state index in [0.717, 1.165) is 10.3 Å². The van der Waals surface area contributed by atoms with Gasteiger partial charge in [0.15, 0.2) is 0 Å². The van der Waals surface area contributed by atoms with Crippen LogP contribution in [-0.4, -0.2) is 11.0 Å². The van der Waals surface area contributed by atoms with Gasteiger partial charge in [0.1, 0.15) is 5.82 Å². The molecule has 0 spiro atoms. The summed E-state index contributed by atoms with van der Waals surface area (Å²) in [4.78, 5) is 4.38. The standard InChI is InChI=1S/C12H17BrN2/c1-9-7-8-14-12(11(9)13)15-10-5-3-2-4-6-10/h7-8,10H,2-6H2,1H3,(H,14,15). The average molecular weight is 269 g/mol. The molecular weight excluding hydrogens is 252 g/mol. The second-order valence-corrected chi connectivity index (χ2v) is 5.06. The van der Waals surface area contributed by atoms with E-state index >= 15 is 0 Å². The van der Waals surface area contributed by atoms with Gasteiger partial charge in [0.05, 0.1) is 4.47 Å². The minimum absolute atomic E-state index is 0.615. The Hall–Kier alpha value is -0.570. The van der Waals surface area contributed by atoms with Gasteiger partial charge in [0.2, 0.25) is 0 Å². The molecule has 0 saturated heterocycles. The quantitative estimate of drug-likeness (QED) is 0.880. The Balaban J connectivity index is 2.06. The first-order chi connectivity index (χ1) is 7.27. The summed E-state index contributed by atoms with van der Waals surface area (Å²) in [5.74, 6) is 1.00. The summed E-state index contributed by atoms with van der Waals surface area (Å²) in [5.41, 5.74) is 1.24. The van der Waals surface area contributed by atoms with Gasteiger partial charge in [-0.1, -0.05) is 19.3 Å². The summed E-state index contributed by atoms with van der Waals surface area (Å²) in [6, 6.07) is 2.64. The summed E-state index contributed by atoms with van der Waals surface area (Å²) >= 11 is 3.58. The van der Waals surface area contributed by atoms with Crippen LogP contribution in [0, 0.1) is 6.92 Å². The smallest absolute Gasteiger partial charge is 0.140 e. The third-order valence-electron chi connectivity index (χ3n) is 3.03. The molecule has 1 fully saturated rings. The molecule has 0 unspecified atom stereocenters. The topological polar surface area (TPSA) is 24.9 Å². The van der Waals surface area contributed by atoms with E-state index in [1.54, 1.807) is 0 Å². The summed E-state index contributed by atoms with van der Waals surface area (Å²) in [6.45, 7) is 2.10. The van der Waals surface area contributed by atoms with E-state index < -0.39 is 0 Å². The Labute approximate surface area is 99.6 Å². The SMILES string of the molecule is Cc1ccnc(NC2CCCCC2)c1Br. The molecule has 0 atom stereocenters. The number of pyridine rings is 1. The molecule has 1 N–H and O–H groups in total. The minimum Gasteiger partial charge on any atom is -0.366 e. The Bertz CT molecular complexity index is 332. The van der Waals surface area contributed by atoms with Crippen LogP contribution in [0.3, 0.4) is 0 Å². The van der Waals surface area contributed by atoms with Crippen LogP contribution in [0.15, 0.2) is 16.7 Å². The van der Waals surface area contributed by atoms with Crippen molar-refractivity contribution in [2.24, 2.45) is 0 Å². The van der Waals surface area contributed by atoms with Crippen LogP contribution in [0.2, 0.25) is 0 Å². The number of nitrogens with one attached hydrogen (secondary N) is 1. The highest BCUT2D eigenvalue weighted by molar-refractivity contribution is 9.10. The molecule has 0 bridgehead atoms. The van der Waals surface area contributed by atoms with Gasteiger partial charge in [-0.2, -0.15) is 0 Å². The first-order valence-electron chi connectivity index (χ1n) is 5.65. The van der Waals surface area contributed by atoms with Crippen LogP contribution in [0.4, 0.5) is 5.82 Å². The van der Waals surface area contributed by atoms with Crippen molar-refractivity contribution in [2.75, 3.05) is 5.32 Å². The monoisotopic (exact) mass is 268 g/mol. The van der Waals surface area contributed by atoms with Crippen molar-refractivity contribution in [3.63, 3.8) is 0 Å². The minimum atomic E-state index is 0.615. The lowest BCUT2D eigenvalue weighted by Gasteiger charge is -2.24. The molecule has 3 heteroatoms. The van der Waals surface area contributed by atoms with Crippen molar-refractivity contribution >= 4 is 21.7 Å². The van der Waals surface area contributed by atoms with Crippen molar-refractivity contribution in [1.29, 1.82) is 0 Å². The zero-order valence-electron chi connectivity index (χ0n) is 9.09. The lowest BCUT2D eigenvalue weighted by Crippen LogP contribution is -2.23. The van der Waals surface area contributed by atoms with E-state index in [0.29, 0.717) is 6.04 Å². The summed E-state index contributed by atoms with van der Waals surface area (Å²) in [5, 5.41) is 3.53. The second kappa shape index (κ2) is 4.97. The highest BCUT2D eigenvalue weighted by Gasteiger charge is 2.14. The number of nitrogens with zero attached hydrogens (tertiary/aromatic N) is 1. The van der Waals surface area contributed by atoms with E-state index in [1.165, 1.54) is 37.7 Å². The summed E-state index contributed by atoms with van der Waals surface area (Å²) in [7, 11) is 0. The fraction of sp³-hybridized carbons (Fsp3) is 0.583. The number of hydrogen-bond acceptors (Lipinski definition) is 2. The largest absolute Gasteiger partial charge is 0.366 e. The van der Waals surface area contributed by atoms with Gasteiger partial charge in [0, 0.05) is 12.2 Å². The molecule has 1 heterocycles. The van der Waals surface area contributed by atoms with Crippen molar-refractivity contribution in [1.82, 2.24) is 4.98 Å². The van der Waals surface area contributed by atoms with Crippen LogP contribution in [0.25, 0.3) is 0 Å². The molecule has 0 aliphatic heterocycles. The molecule has 1 aliphatic rings. The van der Waals surface area contributed by atoms with E-state index in [4.69, 9.17) is 0 Å². The lowest BCUT2D eigenvalue weighted by atomic mass is 9.95. The van der Waals surface area contributed by atoms with Crippen molar-refractivity contribution in [3.05, 3.63) is 22.3 Å². The predicted octanol–water partition coefficient (Wildman–Crippen LogP) is 3.90. The molecule has 1 saturated carbocycles. The number of rotatable bonds is 2. The molecular formula is C12H17BrN2. The Morgan fingerprint density at radius 1 is 1.33 bits per heavy atom. The molecule has 0 amide bonds. The molecule has 0 radical (unpaired) electrons. The van der Waals surface area contributed by atoms with Gasteiger partial charge in [-0.25, -0.2) is 4.98 Å². The fourth-order valence-electron chi connectivity index (χ4n) is 2.08. The van der Waals surface area contributed by atoms with Gasteiger partial charge in [-0.05, 0) is 47.3 Å². The number of hydrogen-bond donors (Lipinski definition) is 1. The highest BCUT2D eigenvalue weighted by Crippen LogP contribution is 2.27. The van der Waals surface area contributed by atoms with Gasteiger partial charge in [-0.3, -0.25) is 0 Å². The number of anilines is 1. The molecule has 1 aliphatic carbocycles. The van der Waals surface area contributed by atoms with Crippen LogP contribution < -0.4 is 5.32 Å². The van der Waals surface area contributed by atoms with Gasteiger partial charge in [0.25, 0.3) is 0 Å². The second-order valence-electron chi connectivity index (χ2n) is 4.27. The maximum absolute atomic E-state index is 4.38. The van der Waals surface area contributed by atoms with Crippen LogP contribution in [0.5, 0.6) is 0 Å². The van der Waals surface area contributed by atoms with Gasteiger partial charge in [-0.15, -0.1) is 0 Å². The third-order valence-corrected chi connectivity index (χ3v) is 4.03. The molecule has 82 valence electrons. The molecule has 2 rings (SSSR count). The predicted molar refractivity (Wildman–Crippen MR) is 67.2 cm³/mol. The molecule has 0 aromatic carbocycles. The maximum Gasteiger partial charge on any atom is 0.140 e. The van der Waals surface area contributed by atoms with E-state index in [-0.39, 0.29) is 0 Å². The van der Waals surface area contributed by atoms with Crippen LogP contribution >= 0.6 is 15.9 Å². The van der Waals surface area contributed by atoms with E-state index in [1.807, 2.05) is 12.3 Å². The Morgan fingerprint density at radius 2 is 2.07 bits per heavy atom. The number of halogens is 1. The molecule has 1 aromatic rings. The third kappa shape index (κ3) is 2.71. The highest BCUT2D eigenvalue weighted by atomic mass is 79.9. The summed E-state index contributed by atoms with van der Waals surface area (Å²) < 4.78 is 1.11. The van der Waals surface area contributed by atoms with Crippen LogP contribution in [0.1, 0.15) is 37.7 Å². The molecule has 1 aromatic heterocycles. The fourth-order valence-corrected chi connectivity index (χ4v) is 2.43. The van der Waals surface area contributed by atoms with Crippen molar-refractivity contribution in [2.45, 2.75) is 45.1 Å². The first kappa shape index (κ1) is 10.9. The van der Waals surface area contributed by atoms with Gasteiger partial charge >= 0.3 is 0 Å². The normalized spacial score (nSPS) is 17.7. The number of aromatic nitrogens is 1. The molecule has 15 heavy (non-hydrogen) atoms. The summed E-state index contributed by atoms with van der Waals surface area (Å²) in [6.07, 6.45) is 8.51. The lowest BCUT2D eigenvalue weighted by molar-refractivity contribution is 0.461. The van der Waals surface area contributed by atoms with E-state index in [9.17, 15) is 0 Å². The van der Waals surface area contributed by atoms with Gasteiger partial charge < -0.3 is 5.32 Å². The van der Waals surface area contributed by atoms with Crippen molar-refractivity contribution < 1.29 is 0 Å². The molecule has 2 nitrogen and oxygen atoms in total. The van der Waals surface area contributed by atoms with E-state index in [2.05, 4.69) is 33.2 Å². The zero-order valence-corrected chi connectivity index (χ0v) is 10.7.